The van der Waals surface area contributed by atoms with Gasteiger partial charge in [0.2, 0.25) is 0 Å². The molecule has 0 radical (unpaired) electrons. The van der Waals surface area contributed by atoms with Gasteiger partial charge in [-0.1, -0.05) is 66.5 Å². The highest BCUT2D eigenvalue weighted by atomic mass is 16.3. The molecule has 1 heteroatoms. The minimum absolute atomic E-state index is 0.416. The summed E-state index contributed by atoms with van der Waals surface area (Å²) in [6, 6.07) is 6.32. The summed E-state index contributed by atoms with van der Waals surface area (Å²) in [4.78, 5) is 0. The van der Waals surface area contributed by atoms with Crippen LogP contribution in [0.25, 0.3) is 0 Å². The summed E-state index contributed by atoms with van der Waals surface area (Å²) in [5, 5.41) is 10.2. The van der Waals surface area contributed by atoms with Gasteiger partial charge in [-0.3, -0.25) is 0 Å². The maximum Gasteiger partial charge on any atom is 0.119 e. The molecule has 0 aliphatic heterocycles. The van der Waals surface area contributed by atoms with Gasteiger partial charge >= 0.3 is 0 Å². The van der Waals surface area contributed by atoms with Crippen molar-refractivity contribution in [3.63, 3.8) is 0 Å². The number of hydrogen-bond acceptors (Lipinski definition) is 1. The first-order valence-electron chi connectivity index (χ1n) is 9.38. The van der Waals surface area contributed by atoms with Gasteiger partial charge < -0.3 is 5.11 Å². The highest BCUT2D eigenvalue weighted by Gasteiger charge is 2.11. The minimum atomic E-state index is 0.416. The molecule has 0 heterocycles. The fourth-order valence-corrected chi connectivity index (χ4v) is 2.93. The fourth-order valence-electron chi connectivity index (χ4n) is 2.93. The van der Waals surface area contributed by atoms with Crippen molar-refractivity contribution in [1.82, 2.24) is 0 Å². The zero-order chi connectivity index (χ0) is 17.5. The van der Waals surface area contributed by atoms with Crippen molar-refractivity contribution < 1.29 is 5.11 Å². The number of phenols is 1. The van der Waals surface area contributed by atoms with Gasteiger partial charge in [0, 0.05) is 0 Å². The van der Waals surface area contributed by atoms with Crippen LogP contribution in [0.1, 0.15) is 91.2 Å². The van der Waals surface area contributed by atoms with Crippen LogP contribution in [0.5, 0.6) is 5.75 Å². The van der Waals surface area contributed by atoms with Gasteiger partial charge in [0.25, 0.3) is 0 Å². The molecule has 23 heavy (non-hydrogen) atoms. The predicted molar refractivity (Wildman–Crippen MR) is 102 cm³/mol. The Morgan fingerprint density at radius 3 is 1.74 bits per heavy atom. The van der Waals surface area contributed by atoms with Gasteiger partial charge in [0.05, 0.1) is 0 Å². The molecule has 132 valence electrons. The largest absolute Gasteiger partial charge is 0.508 e. The maximum atomic E-state index is 10.2. The van der Waals surface area contributed by atoms with E-state index < -0.39 is 0 Å². The second-order valence-corrected chi connectivity index (χ2v) is 9.50. The van der Waals surface area contributed by atoms with E-state index >= 15 is 0 Å². The minimum Gasteiger partial charge on any atom is -0.508 e. The Balaban J connectivity index is 2.36. The van der Waals surface area contributed by atoms with E-state index in [9.17, 15) is 5.11 Å². The lowest BCUT2D eigenvalue weighted by atomic mass is 9.88. The first kappa shape index (κ1) is 20.1. The van der Waals surface area contributed by atoms with E-state index in [1.54, 1.807) is 0 Å². The summed E-state index contributed by atoms with van der Waals surface area (Å²) < 4.78 is 0. The number of aryl methyl sites for hydroxylation is 2. The molecule has 0 aromatic heterocycles. The van der Waals surface area contributed by atoms with Crippen LogP contribution in [0.15, 0.2) is 18.2 Å². The van der Waals surface area contributed by atoms with Crippen LogP contribution in [0.2, 0.25) is 0 Å². The molecule has 0 spiro atoms. The van der Waals surface area contributed by atoms with E-state index in [-0.39, 0.29) is 0 Å². The van der Waals surface area contributed by atoms with E-state index in [4.69, 9.17) is 0 Å². The molecule has 1 rings (SSSR count). The predicted octanol–water partition coefficient (Wildman–Crippen LogP) is 6.91. The average molecular weight is 319 g/mol. The second-order valence-electron chi connectivity index (χ2n) is 9.50. The average Bonchev–Trinajstić information content (AvgIpc) is 2.39. The molecule has 1 aromatic carbocycles. The molecular weight excluding hydrogens is 280 g/mol. The molecular formula is C22H38O. The lowest BCUT2D eigenvalue weighted by molar-refractivity contribution is 0.359. The normalized spacial score (nSPS) is 12.6. The molecule has 0 unspecified atom stereocenters. The van der Waals surface area contributed by atoms with E-state index in [0.717, 1.165) is 24.8 Å². The Bertz CT molecular complexity index is 460. The monoisotopic (exact) mass is 318 g/mol. The fraction of sp³-hybridized carbons (Fsp3) is 0.727. The van der Waals surface area contributed by atoms with E-state index in [2.05, 4.69) is 53.7 Å². The Hall–Kier alpha value is -0.980. The van der Waals surface area contributed by atoms with E-state index in [1.807, 2.05) is 6.07 Å². The number of phenolic OH excluding ortho intramolecular Hbond substituents is 1. The van der Waals surface area contributed by atoms with Crippen LogP contribution in [0.3, 0.4) is 0 Å². The molecule has 0 atom stereocenters. The number of hydrogen-bond donors (Lipinski definition) is 1. The molecule has 0 saturated heterocycles. The molecule has 1 N–H and O–H groups in total. The van der Waals surface area contributed by atoms with Crippen LogP contribution >= 0.6 is 0 Å². The third-order valence-electron chi connectivity index (χ3n) is 4.41. The quantitative estimate of drug-likeness (QED) is 0.516. The van der Waals surface area contributed by atoms with Gasteiger partial charge in [0.15, 0.2) is 0 Å². The molecule has 0 amide bonds. The SMILES string of the molecule is CC(C)(C)CCCCc1ccc(CCCCC(C)(C)C)c(O)c1. The summed E-state index contributed by atoms with van der Waals surface area (Å²) >= 11 is 0. The summed E-state index contributed by atoms with van der Waals surface area (Å²) in [5.74, 6) is 0.495. The molecule has 0 bridgehead atoms. The van der Waals surface area contributed by atoms with Crippen molar-refractivity contribution in [3.05, 3.63) is 29.3 Å². The van der Waals surface area contributed by atoms with Crippen molar-refractivity contribution in [2.45, 2.75) is 92.9 Å². The summed E-state index contributed by atoms with van der Waals surface area (Å²) in [6.45, 7) is 13.8. The highest BCUT2D eigenvalue weighted by Crippen LogP contribution is 2.26. The maximum absolute atomic E-state index is 10.2. The van der Waals surface area contributed by atoms with Crippen LogP contribution in [0.4, 0.5) is 0 Å². The molecule has 1 aromatic rings. The first-order chi connectivity index (χ1) is 10.6. The lowest BCUT2D eigenvalue weighted by Gasteiger charge is -2.18. The Morgan fingerprint density at radius 2 is 1.26 bits per heavy atom. The number of aromatic hydroxyl groups is 1. The molecule has 0 aliphatic rings. The third kappa shape index (κ3) is 9.69. The Kier molecular flexibility index (Phi) is 7.64. The molecule has 0 aliphatic carbocycles. The summed E-state index contributed by atoms with van der Waals surface area (Å²) in [7, 11) is 0. The standard InChI is InChI=1S/C22H38O/c1-21(2,3)15-9-7-11-18-13-14-19(20(23)17-18)12-8-10-16-22(4,5)6/h13-14,17,23H,7-12,15-16H2,1-6H3. The van der Waals surface area contributed by atoms with Crippen molar-refractivity contribution in [1.29, 1.82) is 0 Å². The Morgan fingerprint density at radius 1 is 0.739 bits per heavy atom. The number of unbranched alkanes of at least 4 members (excludes halogenated alkanes) is 2. The van der Waals surface area contributed by atoms with Gasteiger partial charge in [-0.15, -0.1) is 0 Å². The molecule has 1 nitrogen and oxygen atoms in total. The summed E-state index contributed by atoms with van der Waals surface area (Å²) in [6.07, 6.45) is 9.46. The molecule has 0 fully saturated rings. The molecule has 0 saturated carbocycles. The van der Waals surface area contributed by atoms with Gasteiger partial charge in [-0.2, -0.15) is 0 Å². The van der Waals surface area contributed by atoms with Crippen molar-refractivity contribution in [2.75, 3.05) is 0 Å². The topological polar surface area (TPSA) is 20.2 Å². The lowest BCUT2D eigenvalue weighted by Crippen LogP contribution is -2.04. The smallest absolute Gasteiger partial charge is 0.119 e. The van der Waals surface area contributed by atoms with Crippen LogP contribution in [-0.2, 0) is 12.8 Å². The first-order valence-corrected chi connectivity index (χ1v) is 9.38. The van der Waals surface area contributed by atoms with E-state index in [0.29, 0.717) is 16.6 Å². The Labute approximate surface area is 144 Å². The van der Waals surface area contributed by atoms with Crippen molar-refractivity contribution in [3.8, 4) is 5.75 Å². The zero-order valence-electron chi connectivity index (χ0n) is 16.3. The van der Waals surface area contributed by atoms with Crippen molar-refractivity contribution >= 4 is 0 Å². The van der Waals surface area contributed by atoms with Gasteiger partial charge in [-0.25, -0.2) is 0 Å². The highest BCUT2D eigenvalue weighted by molar-refractivity contribution is 5.36. The van der Waals surface area contributed by atoms with Crippen molar-refractivity contribution in [2.24, 2.45) is 10.8 Å². The van der Waals surface area contributed by atoms with Crippen LogP contribution < -0.4 is 0 Å². The van der Waals surface area contributed by atoms with Crippen LogP contribution in [-0.4, -0.2) is 5.11 Å². The van der Waals surface area contributed by atoms with E-state index in [1.165, 1.54) is 37.7 Å². The van der Waals surface area contributed by atoms with Gasteiger partial charge in [-0.05, 0) is 66.5 Å². The number of rotatable bonds is 8. The third-order valence-corrected chi connectivity index (χ3v) is 4.41. The van der Waals surface area contributed by atoms with Crippen LogP contribution in [0, 0.1) is 10.8 Å². The van der Waals surface area contributed by atoms with Gasteiger partial charge in [0.1, 0.15) is 5.75 Å². The zero-order valence-corrected chi connectivity index (χ0v) is 16.3. The second kappa shape index (κ2) is 8.76. The summed E-state index contributed by atoms with van der Waals surface area (Å²) in [5.41, 5.74) is 3.23. The number of benzene rings is 1.